The Labute approximate surface area is 88.7 Å². The van der Waals surface area contributed by atoms with Crippen LogP contribution in [0.1, 0.15) is 47.5 Å². The molecular formula is C11H25NO2. The van der Waals surface area contributed by atoms with Gasteiger partial charge in [0.25, 0.3) is 5.91 Å². The highest BCUT2D eigenvalue weighted by molar-refractivity contribution is 5.74. The molecule has 0 radical (unpaired) electrons. The first-order chi connectivity index (χ1) is 6.63. The Kier molecular flexibility index (Phi) is 24.0. The maximum Gasteiger partial charge on any atom is 0.254 e. The Morgan fingerprint density at radius 1 is 1.36 bits per heavy atom. The Bertz CT molecular complexity index is 124. The zero-order valence-corrected chi connectivity index (χ0v) is 10.5. The predicted molar refractivity (Wildman–Crippen MR) is 61.7 cm³/mol. The van der Waals surface area contributed by atoms with Gasteiger partial charge >= 0.3 is 0 Å². The minimum absolute atomic E-state index is 0.0603. The van der Waals surface area contributed by atoms with Crippen LogP contribution >= 0.6 is 0 Å². The summed E-state index contributed by atoms with van der Waals surface area (Å²) in [4.78, 5) is 15.3. The summed E-state index contributed by atoms with van der Waals surface area (Å²) in [5.41, 5.74) is 0. The molecule has 3 heteroatoms. The van der Waals surface area contributed by atoms with Crippen LogP contribution < -0.4 is 0 Å². The van der Waals surface area contributed by atoms with E-state index in [0.717, 1.165) is 5.06 Å². The van der Waals surface area contributed by atoms with Gasteiger partial charge in [0.2, 0.25) is 0 Å². The molecule has 86 valence electrons. The molecule has 0 aromatic rings. The zero-order valence-electron chi connectivity index (χ0n) is 10.5. The predicted octanol–water partition coefficient (Wildman–Crippen LogP) is 3.37. The Morgan fingerprint density at radius 3 is 1.93 bits per heavy atom. The third kappa shape index (κ3) is 17.2. The molecule has 0 atom stereocenters. The molecule has 0 rings (SSSR count). The van der Waals surface area contributed by atoms with E-state index in [0.29, 0.717) is 6.42 Å². The molecule has 0 aliphatic carbocycles. The van der Waals surface area contributed by atoms with Gasteiger partial charge in [-0.05, 0) is 0 Å². The van der Waals surface area contributed by atoms with Crippen LogP contribution in [0.15, 0.2) is 12.8 Å². The molecule has 0 aliphatic heterocycles. The van der Waals surface area contributed by atoms with Gasteiger partial charge in [0.1, 0.15) is 6.26 Å². The maximum atomic E-state index is 10.7. The van der Waals surface area contributed by atoms with E-state index >= 15 is 0 Å². The van der Waals surface area contributed by atoms with Crippen LogP contribution in [0.2, 0.25) is 0 Å². The monoisotopic (exact) mass is 203 g/mol. The van der Waals surface area contributed by atoms with E-state index in [1.54, 1.807) is 14.0 Å². The Hall–Kier alpha value is -0.990. The van der Waals surface area contributed by atoms with Crippen molar-refractivity contribution in [2.24, 2.45) is 0 Å². The van der Waals surface area contributed by atoms with Crippen LogP contribution in [0.5, 0.6) is 0 Å². The fourth-order valence-electron chi connectivity index (χ4n) is 0.393. The van der Waals surface area contributed by atoms with Crippen molar-refractivity contribution >= 4 is 5.91 Å². The van der Waals surface area contributed by atoms with E-state index in [1.807, 2.05) is 13.8 Å². The molecule has 0 spiro atoms. The summed E-state index contributed by atoms with van der Waals surface area (Å²) in [5, 5.41) is 1.15. The van der Waals surface area contributed by atoms with Gasteiger partial charge in [0, 0.05) is 13.5 Å². The second kappa shape index (κ2) is 17.9. The van der Waals surface area contributed by atoms with E-state index in [4.69, 9.17) is 0 Å². The third-order valence-electron chi connectivity index (χ3n) is 0.886. The lowest BCUT2D eigenvalue weighted by Crippen LogP contribution is -2.23. The lowest BCUT2D eigenvalue weighted by molar-refractivity contribution is -0.160. The van der Waals surface area contributed by atoms with Crippen LogP contribution in [0.25, 0.3) is 0 Å². The minimum atomic E-state index is -0.0603. The summed E-state index contributed by atoms with van der Waals surface area (Å²) in [6.07, 6.45) is 2.91. The lowest BCUT2D eigenvalue weighted by Gasteiger charge is -2.12. The van der Waals surface area contributed by atoms with E-state index in [-0.39, 0.29) is 5.91 Å². The van der Waals surface area contributed by atoms with Gasteiger partial charge in [-0.15, -0.1) is 0 Å². The van der Waals surface area contributed by atoms with Crippen molar-refractivity contribution in [3.63, 3.8) is 0 Å². The normalized spacial score (nSPS) is 7.00. The molecular weight excluding hydrogens is 178 g/mol. The van der Waals surface area contributed by atoms with E-state index < -0.39 is 0 Å². The van der Waals surface area contributed by atoms with Crippen molar-refractivity contribution in [1.82, 2.24) is 5.06 Å². The van der Waals surface area contributed by atoms with Crippen molar-refractivity contribution in [2.75, 3.05) is 7.05 Å². The summed E-state index contributed by atoms with van der Waals surface area (Å²) in [7, 11) is 1.55. The van der Waals surface area contributed by atoms with Crippen LogP contribution in [0.3, 0.4) is 0 Å². The first kappa shape index (κ1) is 18.7. The SMILES string of the molecule is C=CON(C)C(=O)CC.CC.CCC. The molecule has 1 amide bonds. The average molecular weight is 203 g/mol. The van der Waals surface area contributed by atoms with E-state index in [2.05, 4.69) is 25.3 Å². The number of rotatable bonds is 3. The molecule has 0 saturated heterocycles. The number of amides is 1. The van der Waals surface area contributed by atoms with E-state index in [1.165, 1.54) is 12.7 Å². The molecule has 0 aromatic heterocycles. The number of carbonyl (C=O) groups excluding carboxylic acids is 1. The second-order valence-corrected chi connectivity index (χ2v) is 2.22. The van der Waals surface area contributed by atoms with Crippen molar-refractivity contribution in [3.05, 3.63) is 12.8 Å². The summed E-state index contributed by atoms with van der Waals surface area (Å²) < 4.78 is 0. The fraction of sp³-hybridized carbons (Fsp3) is 0.727. The molecule has 0 aliphatic rings. The van der Waals surface area contributed by atoms with Crippen molar-refractivity contribution in [1.29, 1.82) is 0 Å². The number of hydrogen-bond donors (Lipinski definition) is 0. The molecule has 0 N–H and O–H groups in total. The highest BCUT2D eigenvalue weighted by atomic mass is 16.7. The molecule has 14 heavy (non-hydrogen) atoms. The highest BCUT2D eigenvalue weighted by Gasteiger charge is 2.02. The van der Waals surface area contributed by atoms with Gasteiger partial charge in [0.05, 0.1) is 0 Å². The smallest absolute Gasteiger partial charge is 0.254 e. The molecule has 0 heterocycles. The summed E-state index contributed by atoms with van der Waals surface area (Å²) in [5.74, 6) is -0.0603. The van der Waals surface area contributed by atoms with Crippen molar-refractivity contribution < 1.29 is 9.63 Å². The Balaban J connectivity index is -0.000000205. The standard InChI is InChI=1S/C6H11NO2.C3H8.C2H6/c1-4-6(8)7(3)9-5-2;1-3-2;1-2/h5H,2,4H2,1,3H3;3H2,1-2H3;1-2H3. The lowest BCUT2D eigenvalue weighted by atomic mass is 10.5. The average Bonchev–Trinajstić information content (AvgIpc) is 2.21. The second-order valence-electron chi connectivity index (χ2n) is 2.22. The van der Waals surface area contributed by atoms with Crippen LogP contribution in [0.4, 0.5) is 0 Å². The Morgan fingerprint density at radius 2 is 1.71 bits per heavy atom. The zero-order chi connectivity index (χ0) is 12.0. The van der Waals surface area contributed by atoms with Gasteiger partial charge < -0.3 is 4.84 Å². The molecule has 0 fully saturated rings. The molecule has 0 bridgehead atoms. The van der Waals surface area contributed by atoms with Gasteiger partial charge in [-0.1, -0.05) is 47.6 Å². The first-order valence-electron chi connectivity index (χ1n) is 5.18. The van der Waals surface area contributed by atoms with Gasteiger partial charge in [-0.25, -0.2) is 0 Å². The summed E-state index contributed by atoms with van der Waals surface area (Å²) in [6, 6.07) is 0. The first-order valence-corrected chi connectivity index (χ1v) is 5.18. The van der Waals surface area contributed by atoms with Gasteiger partial charge in [-0.3, -0.25) is 4.79 Å². The summed E-state index contributed by atoms with van der Waals surface area (Å²) in [6.45, 7) is 13.3. The van der Waals surface area contributed by atoms with Crippen molar-refractivity contribution in [3.8, 4) is 0 Å². The number of nitrogens with zero attached hydrogens (tertiary/aromatic N) is 1. The van der Waals surface area contributed by atoms with Crippen LogP contribution in [0, 0.1) is 0 Å². The molecule has 0 aromatic carbocycles. The van der Waals surface area contributed by atoms with Crippen molar-refractivity contribution in [2.45, 2.75) is 47.5 Å². The highest BCUT2D eigenvalue weighted by Crippen LogP contribution is 1.89. The number of hydrogen-bond acceptors (Lipinski definition) is 2. The topological polar surface area (TPSA) is 29.5 Å². The number of carbonyl (C=O) groups is 1. The molecule has 3 nitrogen and oxygen atoms in total. The summed E-state index contributed by atoms with van der Waals surface area (Å²) >= 11 is 0. The van der Waals surface area contributed by atoms with E-state index in [9.17, 15) is 4.79 Å². The quantitative estimate of drug-likeness (QED) is 0.520. The molecule has 0 saturated carbocycles. The van der Waals surface area contributed by atoms with Crippen LogP contribution in [-0.4, -0.2) is 18.0 Å². The molecule has 0 unspecified atom stereocenters. The maximum absolute atomic E-state index is 10.7. The van der Waals surface area contributed by atoms with Gasteiger partial charge in [-0.2, -0.15) is 5.06 Å². The largest absolute Gasteiger partial charge is 0.386 e. The van der Waals surface area contributed by atoms with Crippen LogP contribution in [-0.2, 0) is 9.63 Å². The number of hydroxylamine groups is 2. The van der Waals surface area contributed by atoms with Gasteiger partial charge in [0.15, 0.2) is 0 Å². The minimum Gasteiger partial charge on any atom is -0.386 e. The fourth-order valence-corrected chi connectivity index (χ4v) is 0.393. The third-order valence-corrected chi connectivity index (χ3v) is 0.886.